The summed E-state index contributed by atoms with van der Waals surface area (Å²) in [5.41, 5.74) is 0.352. The highest BCUT2D eigenvalue weighted by atomic mass is 16.5. The van der Waals surface area contributed by atoms with Crippen LogP contribution in [0.15, 0.2) is 0 Å². The van der Waals surface area contributed by atoms with E-state index in [1.807, 2.05) is 0 Å². The van der Waals surface area contributed by atoms with Crippen LogP contribution in [0.25, 0.3) is 0 Å². The number of likely N-dealkylation sites (N-methyl/N-ethyl adjacent to an activating group) is 1. The van der Waals surface area contributed by atoms with Crippen LogP contribution in [0.4, 0.5) is 0 Å². The Balaban J connectivity index is 2.47. The minimum absolute atomic E-state index is 0.301. The molecule has 3 unspecified atom stereocenters. The van der Waals surface area contributed by atoms with Crippen molar-refractivity contribution in [2.24, 2.45) is 5.92 Å². The van der Waals surface area contributed by atoms with Crippen LogP contribution in [-0.4, -0.2) is 50.8 Å². The molecule has 3 atom stereocenters. The zero-order chi connectivity index (χ0) is 12.9. The molecular weight excluding hydrogens is 212 g/mol. The zero-order valence-corrected chi connectivity index (χ0v) is 12.3. The van der Waals surface area contributed by atoms with Gasteiger partial charge >= 0.3 is 0 Å². The Morgan fingerprint density at radius 2 is 2.18 bits per heavy atom. The van der Waals surface area contributed by atoms with Gasteiger partial charge in [-0.25, -0.2) is 0 Å². The van der Waals surface area contributed by atoms with E-state index >= 15 is 0 Å². The molecule has 1 rings (SSSR count). The first-order valence-electron chi connectivity index (χ1n) is 6.91. The number of hydrogen-bond acceptors (Lipinski definition) is 3. The molecule has 3 nitrogen and oxygen atoms in total. The molecule has 0 spiro atoms. The van der Waals surface area contributed by atoms with Gasteiger partial charge in [-0.3, -0.25) is 0 Å². The maximum atomic E-state index is 5.28. The normalized spacial score (nSPS) is 31.8. The lowest BCUT2D eigenvalue weighted by Crippen LogP contribution is -2.54. The van der Waals surface area contributed by atoms with E-state index in [-0.39, 0.29) is 0 Å². The molecule has 0 aliphatic heterocycles. The maximum Gasteiger partial charge on any atom is 0.0667 e. The first kappa shape index (κ1) is 14.9. The summed E-state index contributed by atoms with van der Waals surface area (Å²) in [7, 11) is 6.22. The molecule has 1 N–H and O–H groups in total. The van der Waals surface area contributed by atoms with Crippen molar-refractivity contribution in [2.75, 3.05) is 34.3 Å². The van der Waals surface area contributed by atoms with E-state index in [1.54, 1.807) is 7.11 Å². The first-order valence-corrected chi connectivity index (χ1v) is 6.91. The summed E-state index contributed by atoms with van der Waals surface area (Å²) in [5, 5.41) is 3.58. The van der Waals surface area contributed by atoms with E-state index in [0.29, 0.717) is 11.6 Å². The zero-order valence-electron chi connectivity index (χ0n) is 12.3. The smallest absolute Gasteiger partial charge is 0.0667 e. The predicted octanol–water partition coefficient (Wildman–Crippen LogP) is 2.12. The number of methoxy groups -OCH3 is 1. The van der Waals surface area contributed by atoms with E-state index < -0.39 is 0 Å². The molecule has 1 aliphatic carbocycles. The monoisotopic (exact) mass is 242 g/mol. The molecule has 3 heteroatoms. The van der Waals surface area contributed by atoms with Gasteiger partial charge in [0.05, 0.1) is 6.10 Å². The molecule has 0 heterocycles. The Bertz CT molecular complexity index is 220. The second-order valence-corrected chi connectivity index (χ2v) is 6.00. The average Bonchev–Trinajstić information content (AvgIpc) is 2.28. The highest BCUT2D eigenvalue weighted by Crippen LogP contribution is 2.35. The van der Waals surface area contributed by atoms with Gasteiger partial charge in [-0.1, -0.05) is 19.8 Å². The molecular formula is C14H30N2O. The summed E-state index contributed by atoms with van der Waals surface area (Å²) in [6.07, 6.45) is 5.69. The number of nitrogens with one attached hydrogen (secondary N) is 1. The molecule has 1 saturated carbocycles. The third-order valence-electron chi connectivity index (χ3n) is 4.30. The summed E-state index contributed by atoms with van der Waals surface area (Å²) in [6, 6.07) is 0. The van der Waals surface area contributed by atoms with E-state index in [1.165, 1.54) is 25.7 Å². The van der Waals surface area contributed by atoms with Gasteiger partial charge in [0, 0.05) is 25.7 Å². The fraction of sp³-hybridized carbons (Fsp3) is 1.00. The van der Waals surface area contributed by atoms with Gasteiger partial charge in [0.2, 0.25) is 0 Å². The molecule has 1 fully saturated rings. The predicted molar refractivity (Wildman–Crippen MR) is 73.4 cm³/mol. The fourth-order valence-corrected chi connectivity index (χ4v) is 2.95. The van der Waals surface area contributed by atoms with Crippen LogP contribution in [0.2, 0.25) is 0 Å². The number of hydrogen-bond donors (Lipinski definition) is 1. The first-order chi connectivity index (χ1) is 8.00. The minimum Gasteiger partial charge on any atom is -0.380 e. The van der Waals surface area contributed by atoms with E-state index in [4.69, 9.17) is 4.74 Å². The SMILES string of the molecule is COC(C)CNCC1(N(C)C)CCCC(C)C1. The van der Waals surface area contributed by atoms with Gasteiger partial charge in [-0.05, 0) is 39.8 Å². The minimum atomic E-state index is 0.301. The van der Waals surface area contributed by atoms with Crippen molar-refractivity contribution < 1.29 is 4.74 Å². The molecule has 0 aromatic carbocycles. The lowest BCUT2D eigenvalue weighted by atomic mass is 9.75. The lowest BCUT2D eigenvalue weighted by molar-refractivity contribution is 0.0660. The van der Waals surface area contributed by atoms with Gasteiger partial charge in [0.25, 0.3) is 0 Å². The number of nitrogens with zero attached hydrogens (tertiary/aromatic N) is 1. The van der Waals surface area contributed by atoms with Crippen molar-refractivity contribution in [1.82, 2.24) is 10.2 Å². The van der Waals surface area contributed by atoms with E-state index in [0.717, 1.165) is 19.0 Å². The van der Waals surface area contributed by atoms with Crippen LogP contribution in [-0.2, 0) is 4.74 Å². The highest BCUT2D eigenvalue weighted by Gasteiger charge is 2.36. The Morgan fingerprint density at radius 3 is 2.71 bits per heavy atom. The van der Waals surface area contributed by atoms with Gasteiger partial charge in [0.1, 0.15) is 0 Å². The second-order valence-electron chi connectivity index (χ2n) is 6.00. The quantitative estimate of drug-likeness (QED) is 0.772. The van der Waals surface area contributed by atoms with E-state index in [9.17, 15) is 0 Å². The highest BCUT2D eigenvalue weighted by molar-refractivity contribution is 4.94. The Labute approximate surface area is 107 Å². The van der Waals surface area contributed by atoms with Crippen molar-refractivity contribution in [3.05, 3.63) is 0 Å². The van der Waals surface area contributed by atoms with Crippen molar-refractivity contribution in [3.8, 4) is 0 Å². The van der Waals surface area contributed by atoms with Crippen LogP contribution in [0, 0.1) is 5.92 Å². The number of ether oxygens (including phenoxy) is 1. The summed E-state index contributed by atoms with van der Waals surface area (Å²) in [4.78, 5) is 2.42. The summed E-state index contributed by atoms with van der Waals surface area (Å²) < 4.78 is 5.28. The average molecular weight is 242 g/mol. The van der Waals surface area contributed by atoms with Crippen molar-refractivity contribution in [1.29, 1.82) is 0 Å². The summed E-state index contributed by atoms with van der Waals surface area (Å²) >= 11 is 0. The van der Waals surface area contributed by atoms with Crippen LogP contribution >= 0.6 is 0 Å². The second kappa shape index (κ2) is 6.72. The largest absolute Gasteiger partial charge is 0.380 e. The van der Waals surface area contributed by atoms with Crippen LogP contribution in [0.1, 0.15) is 39.5 Å². The van der Waals surface area contributed by atoms with Gasteiger partial charge in [0.15, 0.2) is 0 Å². The summed E-state index contributed by atoms with van der Waals surface area (Å²) in [6.45, 7) is 6.52. The van der Waals surface area contributed by atoms with Crippen LogP contribution in [0.5, 0.6) is 0 Å². The molecule has 0 saturated heterocycles. The molecule has 0 radical (unpaired) electrons. The number of rotatable bonds is 6. The maximum absolute atomic E-state index is 5.28. The third kappa shape index (κ3) is 4.23. The Hall–Kier alpha value is -0.120. The molecule has 0 bridgehead atoms. The fourth-order valence-electron chi connectivity index (χ4n) is 2.95. The van der Waals surface area contributed by atoms with Gasteiger partial charge in [-0.2, -0.15) is 0 Å². The molecule has 0 amide bonds. The van der Waals surface area contributed by atoms with Crippen molar-refractivity contribution >= 4 is 0 Å². The lowest BCUT2D eigenvalue weighted by Gasteiger charge is -2.45. The Kier molecular flexibility index (Phi) is 5.90. The Morgan fingerprint density at radius 1 is 1.47 bits per heavy atom. The van der Waals surface area contributed by atoms with E-state index in [2.05, 4.69) is 38.2 Å². The molecule has 102 valence electrons. The van der Waals surface area contributed by atoms with Crippen molar-refractivity contribution in [2.45, 2.75) is 51.2 Å². The molecule has 0 aromatic heterocycles. The molecule has 0 aromatic rings. The molecule has 17 heavy (non-hydrogen) atoms. The standard InChI is InChI=1S/C14H30N2O/c1-12-7-6-8-14(9-12,16(3)4)11-15-10-13(2)17-5/h12-13,15H,6-11H2,1-5H3. The van der Waals surface area contributed by atoms with Gasteiger partial charge in [-0.15, -0.1) is 0 Å². The molecule has 1 aliphatic rings. The third-order valence-corrected chi connectivity index (χ3v) is 4.30. The van der Waals surface area contributed by atoms with Gasteiger partial charge < -0.3 is 15.0 Å². The topological polar surface area (TPSA) is 24.5 Å². The summed E-state index contributed by atoms with van der Waals surface area (Å²) in [5.74, 6) is 0.854. The van der Waals surface area contributed by atoms with Crippen LogP contribution < -0.4 is 5.32 Å². The van der Waals surface area contributed by atoms with Crippen LogP contribution in [0.3, 0.4) is 0 Å². The van der Waals surface area contributed by atoms with Crippen molar-refractivity contribution in [3.63, 3.8) is 0 Å².